The minimum atomic E-state index is -3.66. The maximum Gasteiger partial charge on any atom is 0.309 e. The second-order valence-electron chi connectivity index (χ2n) is 8.03. The molecule has 0 aliphatic carbocycles. The Morgan fingerprint density at radius 1 is 1.12 bits per heavy atom. The lowest BCUT2D eigenvalue weighted by Crippen LogP contribution is -2.40. The summed E-state index contributed by atoms with van der Waals surface area (Å²) in [6.45, 7) is 4.28. The number of hydrogen-bond acceptors (Lipinski definition) is 6. The molecule has 9 heteroatoms. The van der Waals surface area contributed by atoms with Gasteiger partial charge in [0, 0.05) is 31.3 Å². The van der Waals surface area contributed by atoms with Gasteiger partial charge < -0.3 is 15.0 Å². The highest BCUT2D eigenvalue weighted by Crippen LogP contribution is 2.30. The summed E-state index contributed by atoms with van der Waals surface area (Å²) in [4.78, 5) is 26.2. The van der Waals surface area contributed by atoms with Crippen LogP contribution in [0.3, 0.4) is 0 Å². The van der Waals surface area contributed by atoms with E-state index in [1.807, 2.05) is 11.0 Å². The molecule has 0 bridgehead atoms. The number of fused-ring (bicyclic) bond motifs is 1. The van der Waals surface area contributed by atoms with E-state index in [0.29, 0.717) is 43.0 Å². The van der Waals surface area contributed by atoms with Crippen LogP contribution in [-0.2, 0) is 24.3 Å². The van der Waals surface area contributed by atoms with Crippen molar-refractivity contribution >= 4 is 33.4 Å². The second-order valence-corrected chi connectivity index (χ2v) is 9.61. The van der Waals surface area contributed by atoms with E-state index in [2.05, 4.69) is 9.71 Å². The predicted octanol–water partition coefficient (Wildman–Crippen LogP) is 3.11. The maximum atomic E-state index is 12.7. The van der Waals surface area contributed by atoms with Gasteiger partial charge >= 0.3 is 5.97 Å². The second kappa shape index (κ2) is 8.74. The molecule has 2 aliphatic heterocycles. The molecule has 1 N–H and O–H groups in total. The molecule has 0 spiro atoms. The van der Waals surface area contributed by atoms with Gasteiger partial charge in [0.25, 0.3) is 10.0 Å². The van der Waals surface area contributed by atoms with Crippen LogP contribution >= 0.6 is 0 Å². The summed E-state index contributed by atoms with van der Waals surface area (Å²) < 4.78 is 34.3. The van der Waals surface area contributed by atoms with Crippen LogP contribution in [0.25, 0.3) is 0 Å². The largest absolute Gasteiger partial charge is 0.458 e. The van der Waals surface area contributed by atoms with E-state index in [1.165, 1.54) is 6.92 Å². The van der Waals surface area contributed by atoms with Gasteiger partial charge in [-0.25, -0.2) is 0 Å². The Bertz CT molecular complexity index is 1180. The van der Waals surface area contributed by atoms with E-state index in [4.69, 9.17) is 4.74 Å². The molecular weight excluding hydrogens is 430 g/mol. The maximum absolute atomic E-state index is 12.7. The number of carbonyl (C=O) groups is 2. The topological polar surface area (TPSA) is 105 Å². The van der Waals surface area contributed by atoms with Gasteiger partial charge in [-0.3, -0.25) is 9.59 Å². The van der Waals surface area contributed by atoms with Crippen LogP contribution in [0.5, 0.6) is 0 Å². The molecule has 1 fully saturated rings. The zero-order valence-electron chi connectivity index (χ0n) is 17.9. The highest BCUT2D eigenvalue weighted by Gasteiger charge is 2.35. The number of benzene rings is 2. The first-order valence-corrected chi connectivity index (χ1v) is 12.0. The monoisotopic (exact) mass is 455 g/mol. The number of amides is 1. The lowest BCUT2D eigenvalue weighted by Gasteiger charge is -2.32. The van der Waals surface area contributed by atoms with Crippen molar-refractivity contribution in [3.63, 3.8) is 0 Å². The fraction of sp³-hybridized carbons (Fsp3) is 0.348. The third-order valence-electron chi connectivity index (χ3n) is 5.71. The molecule has 0 saturated carbocycles. The van der Waals surface area contributed by atoms with Gasteiger partial charge in [-0.15, -0.1) is 4.40 Å². The van der Waals surface area contributed by atoms with Gasteiger partial charge in [0.1, 0.15) is 11.0 Å². The Hall–Kier alpha value is -3.20. The van der Waals surface area contributed by atoms with Crippen LogP contribution in [0.4, 0.5) is 5.69 Å². The minimum absolute atomic E-state index is 0.166. The fourth-order valence-corrected chi connectivity index (χ4v) is 5.28. The molecule has 8 nitrogen and oxygen atoms in total. The van der Waals surface area contributed by atoms with Gasteiger partial charge in [0.15, 0.2) is 5.84 Å². The van der Waals surface area contributed by atoms with Crippen LogP contribution in [0.1, 0.15) is 43.9 Å². The van der Waals surface area contributed by atoms with Crippen molar-refractivity contribution in [2.24, 2.45) is 10.3 Å². The highest BCUT2D eigenvalue weighted by molar-refractivity contribution is 7.90. The molecular formula is C23H25N3O5S. The van der Waals surface area contributed by atoms with Crippen LogP contribution in [0.2, 0.25) is 0 Å². The van der Waals surface area contributed by atoms with Crippen molar-refractivity contribution in [3.05, 3.63) is 59.7 Å². The Kier molecular flexibility index (Phi) is 6.01. The average molecular weight is 456 g/mol. The summed E-state index contributed by atoms with van der Waals surface area (Å²) in [6.07, 6.45) is 0.655. The van der Waals surface area contributed by atoms with E-state index >= 15 is 0 Å². The molecule has 2 heterocycles. The fourth-order valence-electron chi connectivity index (χ4n) is 4.05. The van der Waals surface area contributed by atoms with Crippen molar-refractivity contribution in [3.8, 4) is 0 Å². The smallest absolute Gasteiger partial charge is 0.309 e. The zero-order valence-corrected chi connectivity index (χ0v) is 18.8. The average Bonchev–Trinajstić information content (AvgIpc) is 3.05. The van der Waals surface area contributed by atoms with Gasteiger partial charge in [-0.2, -0.15) is 8.42 Å². The highest BCUT2D eigenvalue weighted by atomic mass is 32.2. The number of nitrogens with one attached hydrogen (secondary N) is 1. The molecule has 4 rings (SSSR count). The number of nitrogens with zero attached hydrogens (tertiary/aromatic N) is 2. The molecule has 1 saturated heterocycles. The van der Waals surface area contributed by atoms with Gasteiger partial charge in [0.2, 0.25) is 5.91 Å². The molecule has 2 aromatic carbocycles. The molecule has 32 heavy (non-hydrogen) atoms. The van der Waals surface area contributed by atoms with E-state index in [9.17, 15) is 18.0 Å². The van der Waals surface area contributed by atoms with Gasteiger partial charge in [-0.05, 0) is 49.6 Å². The SMILES string of the molecule is CC(=O)Nc1cccc(C(C)OC(=O)C2CCN(C3=NS(=O)(=O)c4ccccc43)CC2)c1. The molecule has 0 aromatic heterocycles. The predicted molar refractivity (Wildman–Crippen MR) is 120 cm³/mol. The number of anilines is 1. The Morgan fingerprint density at radius 3 is 2.56 bits per heavy atom. The normalized spacial score (nSPS) is 18.4. The first-order chi connectivity index (χ1) is 15.2. The molecule has 2 aromatic rings. The number of carbonyl (C=O) groups excluding carboxylic acids is 2. The van der Waals surface area contributed by atoms with Crippen molar-refractivity contribution in [2.45, 2.75) is 37.7 Å². The molecule has 0 radical (unpaired) electrons. The van der Waals surface area contributed by atoms with E-state index < -0.39 is 16.1 Å². The Labute approximate surface area is 187 Å². The molecule has 1 atom stereocenters. The number of rotatable bonds is 4. The van der Waals surface area contributed by atoms with Crippen LogP contribution in [0.15, 0.2) is 57.8 Å². The number of amidine groups is 1. The molecule has 168 valence electrons. The number of likely N-dealkylation sites (tertiary alicyclic amines) is 1. The lowest BCUT2D eigenvalue weighted by atomic mass is 9.96. The minimum Gasteiger partial charge on any atom is -0.458 e. The van der Waals surface area contributed by atoms with Crippen molar-refractivity contribution in [1.82, 2.24) is 4.90 Å². The summed E-state index contributed by atoms with van der Waals surface area (Å²) in [5.41, 5.74) is 2.06. The van der Waals surface area contributed by atoms with E-state index in [1.54, 1.807) is 49.4 Å². The van der Waals surface area contributed by atoms with Gasteiger partial charge in [0.05, 0.1) is 5.92 Å². The van der Waals surface area contributed by atoms with Gasteiger partial charge in [-0.1, -0.05) is 24.3 Å². The van der Waals surface area contributed by atoms with E-state index in [-0.39, 0.29) is 22.7 Å². The standard InChI is InChI=1S/C23H25N3O5S/c1-15(18-6-5-7-19(14-18)24-16(2)27)31-23(28)17-10-12-26(13-11-17)22-20-8-3-4-9-21(20)32(29,30)25-22/h3-9,14-15,17H,10-13H2,1-2H3,(H,24,27). The first-order valence-electron chi connectivity index (χ1n) is 10.5. The number of piperidine rings is 1. The van der Waals surface area contributed by atoms with E-state index in [0.717, 1.165) is 5.56 Å². The summed E-state index contributed by atoms with van der Waals surface area (Å²) in [7, 11) is -3.66. The number of sulfonamides is 1. The van der Waals surface area contributed by atoms with Crippen LogP contribution < -0.4 is 5.32 Å². The summed E-state index contributed by atoms with van der Waals surface area (Å²) in [6, 6.07) is 14.0. The van der Waals surface area contributed by atoms with Crippen molar-refractivity contribution in [2.75, 3.05) is 18.4 Å². The number of hydrogen-bond donors (Lipinski definition) is 1. The first kappa shape index (κ1) is 22.0. The zero-order chi connectivity index (χ0) is 22.9. The number of ether oxygens (including phenoxy) is 1. The van der Waals surface area contributed by atoms with Crippen LogP contribution in [-0.4, -0.2) is 44.1 Å². The summed E-state index contributed by atoms with van der Waals surface area (Å²) >= 11 is 0. The molecule has 2 aliphatic rings. The third kappa shape index (κ3) is 4.52. The molecule has 1 unspecified atom stereocenters. The quantitative estimate of drug-likeness (QED) is 0.711. The Morgan fingerprint density at radius 2 is 1.84 bits per heavy atom. The number of esters is 1. The van der Waals surface area contributed by atoms with Crippen molar-refractivity contribution < 1.29 is 22.7 Å². The van der Waals surface area contributed by atoms with Crippen molar-refractivity contribution in [1.29, 1.82) is 0 Å². The Balaban J connectivity index is 1.37. The third-order valence-corrected chi connectivity index (χ3v) is 7.03. The summed E-state index contributed by atoms with van der Waals surface area (Å²) in [5, 5.41) is 2.72. The van der Waals surface area contributed by atoms with Crippen LogP contribution in [0, 0.1) is 5.92 Å². The summed E-state index contributed by atoms with van der Waals surface area (Å²) in [5.74, 6) is -0.249. The lowest BCUT2D eigenvalue weighted by molar-refractivity contribution is -0.155. The molecule has 1 amide bonds.